The molecule has 0 bridgehead atoms. The maximum absolute atomic E-state index is 11.3. The lowest BCUT2D eigenvalue weighted by Gasteiger charge is -2.20. The largest absolute Gasteiger partial charge is 0.463 e. The van der Waals surface area contributed by atoms with E-state index in [0.717, 1.165) is 5.56 Å². The molecule has 0 aliphatic rings. The van der Waals surface area contributed by atoms with Crippen molar-refractivity contribution in [1.29, 1.82) is 0 Å². The van der Waals surface area contributed by atoms with E-state index in [4.69, 9.17) is 16.0 Å². The van der Waals surface area contributed by atoms with Gasteiger partial charge in [-0.25, -0.2) is 4.79 Å². The summed E-state index contributed by atoms with van der Waals surface area (Å²) in [6, 6.07) is 10.2. The second-order valence-corrected chi connectivity index (χ2v) is 5.17. The first kappa shape index (κ1) is 14.6. The Morgan fingerprint density at radius 2 is 1.95 bits per heavy atom. The van der Waals surface area contributed by atoms with Crippen molar-refractivity contribution in [2.24, 2.45) is 0 Å². The maximum atomic E-state index is 11.3. The van der Waals surface area contributed by atoms with E-state index in [1.54, 1.807) is 25.1 Å². The summed E-state index contributed by atoms with van der Waals surface area (Å²) in [6.07, 6.45) is 0.346. The van der Waals surface area contributed by atoms with Crippen LogP contribution in [0.25, 0.3) is 0 Å². The molecule has 0 fully saturated rings. The van der Waals surface area contributed by atoms with Crippen molar-refractivity contribution >= 4 is 17.6 Å². The highest BCUT2D eigenvalue weighted by atomic mass is 35.5. The Morgan fingerprint density at radius 3 is 2.55 bits per heavy atom. The van der Waals surface area contributed by atoms with Crippen molar-refractivity contribution in [3.63, 3.8) is 0 Å². The third-order valence-corrected chi connectivity index (χ3v) is 3.24. The predicted octanol–water partition coefficient (Wildman–Crippen LogP) is 3.17. The number of ether oxygens (including phenoxy) is 1. The summed E-state index contributed by atoms with van der Waals surface area (Å²) >= 11 is 5.82. The van der Waals surface area contributed by atoms with Crippen LogP contribution in [0.4, 0.5) is 0 Å². The molecule has 2 aromatic rings. The van der Waals surface area contributed by atoms with E-state index < -0.39 is 11.6 Å². The Morgan fingerprint density at radius 1 is 1.30 bits per heavy atom. The van der Waals surface area contributed by atoms with Gasteiger partial charge in [-0.3, -0.25) is 0 Å². The van der Waals surface area contributed by atoms with Crippen molar-refractivity contribution in [3.8, 4) is 0 Å². The summed E-state index contributed by atoms with van der Waals surface area (Å²) in [7, 11) is 1.27. The zero-order valence-corrected chi connectivity index (χ0v) is 12.0. The maximum Gasteiger partial charge on any atom is 0.373 e. The van der Waals surface area contributed by atoms with Gasteiger partial charge in [0.25, 0.3) is 0 Å². The molecular weight excluding hydrogens is 280 g/mol. The van der Waals surface area contributed by atoms with Crippen LogP contribution < -0.4 is 0 Å². The van der Waals surface area contributed by atoms with E-state index >= 15 is 0 Å². The molecule has 106 valence electrons. The molecule has 5 heteroatoms. The molecule has 1 aromatic carbocycles. The van der Waals surface area contributed by atoms with E-state index in [2.05, 4.69) is 4.74 Å². The van der Waals surface area contributed by atoms with E-state index in [-0.39, 0.29) is 5.76 Å². The molecular formula is C15H15ClO4. The molecule has 1 atom stereocenters. The van der Waals surface area contributed by atoms with Gasteiger partial charge in [-0.05, 0) is 36.8 Å². The summed E-state index contributed by atoms with van der Waals surface area (Å²) in [5.74, 6) is -0.190. The lowest BCUT2D eigenvalue weighted by atomic mass is 9.94. The monoisotopic (exact) mass is 294 g/mol. The SMILES string of the molecule is COC(=O)c1ccc(C(C)(O)Cc2ccc(Cl)cc2)o1. The number of carbonyl (C=O) groups is 1. The molecule has 1 aromatic heterocycles. The molecule has 1 unspecified atom stereocenters. The van der Waals surface area contributed by atoms with Gasteiger partial charge < -0.3 is 14.3 Å². The number of benzene rings is 1. The van der Waals surface area contributed by atoms with Crippen LogP contribution in [0.1, 0.15) is 28.8 Å². The molecule has 0 saturated carbocycles. The molecule has 2 rings (SSSR count). The number of hydrogen-bond acceptors (Lipinski definition) is 4. The zero-order valence-electron chi connectivity index (χ0n) is 11.2. The Labute approximate surface area is 121 Å². The normalized spacial score (nSPS) is 13.8. The van der Waals surface area contributed by atoms with Crippen LogP contribution in [0, 0.1) is 0 Å². The fraction of sp³-hybridized carbons (Fsp3) is 0.267. The minimum atomic E-state index is -1.22. The lowest BCUT2D eigenvalue weighted by Crippen LogP contribution is -2.23. The van der Waals surface area contributed by atoms with Gasteiger partial charge in [-0.1, -0.05) is 23.7 Å². The first-order valence-electron chi connectivity index (χ1n) is 6.08. The Bertz CT molecular complexity index is 599. The van der Waals surface area contributed by atoms with Crippen LogP contribution in [-0.2, 0) is 16.8 Å². The second kappa shape index (κ2) is 5.69. The lowest BCUT2D eigenvalue weighted by molar-refractivity contribution is 0.0306. The molecule has 0 amide bonds. The van der Waals surface area contributed by atoms with Crippen LogP contribution in [0.3, 0.4) is 0 Å². The van der Waals surface area contributed by atoms with Crippen LogP contribution in [0.2, 0.25) is 5.02 Å². The third kappa shape index (κ3) is 3.21. The van der Waals surface area contributed by atoms with Crippen molar-refractivity contribution in [3.05, 3.63) is 58.5 Å². The van der Waals surface area contributed by atoms with Gasteiger partial charge in [0.1, 0.15) is 11.4 Å². The molecule has 0 radical (unpaired) electrons. The van der Waals surface area contributed by atoms with E-state index in [1.165, 1.54) is 13.2 Å². The second-order valence-electron chi connectivity index (χ2n) is 4.73. The average Bonchev–Trinajstić information content (AvgIpc) is 2.91. The van der Waals surface area contributed by atoms with Gasteiger partial charge in [0.05, 0.1) is 7.11 Å². The highest BCUT2D eigenvalue weighted by Gasteiger charge is 2.28. The van der Waals surface area contributed by atoms with Gasteiger partial charge in [0.2, 0.25) is 5.76 Å². The fourth-order valence-corrected chi connectivity index (χ4v) is 2.05. The number of esters is 1. The molecule has 4 nitrogen and oxygen atoms in total. The molecule has 0 spiro atoms. The number of furan rings is 1. The number of carbonyl (C=O) groups excluding carboxylic acids is 1. The van der Waals surface area contributed by atoms with Gasteiger partial charge in [-0.2, -0.15) is 0 Å². The predicted molar refractivity (Wildman–Crippen MR) is 74.8 cm³/mol. The summed E-state index contributed by atoms with van der Waals surface area (Å²) in [5.41, 5.74) is -0.310. The smallest absolute Gasteiger partial charge is 0.373 e. The topological polar surface area (TPSA) is 59.7 Å². The first-order valence-corrected chi connectivity index (χ1v) is 6.45. The summed E-state index contributed by atoms with van der Waals surface area (Å²) in [6.45, 7) is 1.63. The van der Waals surface area contributed by atoms with Gasteiger partial charge in [0, 0.05) is 11.4 Å². The van der Waals surface area contributed by atoms with Crippen molar-refractivity contribution in [2.45, 2.75) is 18.9 Å². The van der Waals surface area contributed by atoms with Crippen LogP contribution >= 0.6 is 11.6 Å². The minimum Gasteiger partial charge on any atom is -0.463 e. The molecule has 1 heterocycles. The van der Waals surface area contributed by atoms with Crippen molar-refractivity contribution < 1.29 is 19.1 Å². The number of aliphatic hydroxyl groups is 1. The summed E-state index contributed by atoms with van der Waals surface area (Å²) < 4.78 is 9.91. The van der Waals surface area contributed by atoms with Crippen LogP contribution in [-0.4, -0.2) is 18.2 Å². The molecule has 1 N–H and O–H groups in total. The Balaban J connectivity index is 2.19. The van der Waals surface area contributed by atoms with E-state index in [1.807, 2.05) is 12.1 Å². The standard InChI is InChI=1S/C15H15ClO4/c1-15(18,9-10-3-5-11(16)6-4-10)13-8-7-12(20-13)14(17)19-2/h3-8,18H,9H2,1-2H3. The highest BCUT2D eigenvalue weighted by molar-refractivity contribution is 6.30. The number of rotatable bonds is 4. The average molecular weight is 295 g/mol. The Kier molecular flexibility index (Phi) is 4.16. The minimum absolute atomic E-state index is 0.0684. The fourth-order valence-electron chi connectivity index (χ4n) is 1.92. The van der Waals surface area contributed by atoms with Crippen LogP contribution in [0.15, 0.2) is 40.8 Å². The highest BCUT2D eigenvalue weighted by Crippen LogP contribution is 2.27. The van der Waals surface area contributed by atoms with Crippen molar-refractivity contribution in [2.75, 3.05) is 7.11 Å². The quantitative estimate of drug-likeness (QED) is 0.880. The van der Waals surface area contributed by atoms with Crippen molar-refractivity contribution in [1.82, 2.24) is 0 Å². The first-order chi connectivity index (χ1) is 9.42. The number of hydrogen-bond donors (Lipinski definition) is 1. The zero-order chi connectivity index (χ0) is 14.8. The van der Waals surface area contributed by atoms with E-state index in [0.29, 0.717) is 17.2 Å². The van der Waals surface area contributed by atoms with Gasteiger partial charge in [-0.15, -0.1) is 0 Å². The summed E-state index contributed by atoms with van der Waals surface area (Å²) in [5, 5.41) is 11.1. The molecule has 20 heavy (non-hydrogen) atoms. The number of methoxy groups -OCH3 is 1. The van der Waals surface area contributed by atoms with E-state index in [9.17, 15) is 9.90 Å². The third-order valence-electron chi connectivity index (χ3n) is 2.99. The molecule has 0 saturated heterocycles. The number of halogens is 1. The molecule has 0 aliphatic heterocycles. The molecule has 0 aliphatic carbocycles. The van der Waals surface area contributed by atoms with Gasteiger partial charge >= 0.3 is 5.97 Å². The van der Waals surface area contributed by atoms with Gasteiger partial charge in [0.15, 0.2) is 0 Å². The Hall–Kier alpha value is -1.78. The summed E-state index contributed by atoms with van der Waals surface area (Å²) in [4.78, 5) is 11.3. The van der Waals surface area contributed by atoms with Crippen LogP contribution in [0.5, 0.6) is 0 Å².